The Hall–Kier alpha value is -0.570. The zero-order chi connectivity index (χ0) is 9.14. The summed E-state index contributed by atoms with van der Waals surface area (Å²) in [5.74, 6) is 0.540. The third-order valence-electron chi connectivity index (χ3n) is 2.47. The van der Waals surface area contributed by atoms with E-state index in [1.165, 1.54) is 6.92 Å². The molecule has 0 radical (unpaired) electrons. The van der Waals surface area contributed by atoms with E-state index in [9.17, 15) is 9.90 Å². The van der Waals surface area contributed by atoms with Crippen LogP contribution in [0.25, 0.3) is 0 Å². The number of carbonyl (C=O) groups excluding carboxylic acids is 1. The summed E-state index contributed by atoms with van der Waals surface area (Å²) in [6.07, 6.45) is 2.46. The van der Waals surface area contributed by atoms with Gasteiger partial charge in [-0.15, -0.1) is 0 Å². The zero-order valence-electron chi connectivity index (χ0n) is 7.71. The number of amides is 1. The van der Waals surface area contributed by atoms with E-state index in [1.807, 2.05) is 0 Å². The molecule has 0 bridgehead atoms. The lowest BCUT2D eigenvalue weighted by Gasteiger charge is -2.31. The van der Waals surface area contributed by atoms with Gasteiger partial charge < -0.3 is 10.4 Å². The lowest BCUT2D eigenvalue weighted by atomic mass is 9.85. The van der Waals surface area contributed by atoms with Crippen LogP contribution in [0.2, 0.25) is 0 Å². The maximum absolute atomic E-state index is 10.7. The van der Waals surface area contributed by atoms with Crippen molar-refractivity contribution < 1.29 is 9.90 Å². The number of aliphatic hydroxyl groups excluding tert-OH is 1. The molecule has 3 unspecified atom stereocenters. The van der Waals surface area contributed by atoms with Crippen LogP contribution in [-0.2, 0) is 4.79 Å². The van der Waals surface area contributed by atoms with Gasteiger partial charge >= 0.3 is 0 Å². The van der Waals surface area contributed by atoms with Gasteiger partial charge in [0.25, 0.3) is 0 Å². The van der Waals surface area contributed by atoms with Gasteiger partial charge in [-0.1, -0.05) is 6.92 Å². The third-order valence-corrected chi connectivity index (χ3v) is 2.47. The molecule has 3 nitrogen and oxygen atoms in total. The first-order chi connectivity index (χ1) is 5.59. The van der Waals surface area contributed by atoms with Crippen molar-refractivity contribution in [3.05, 3.63) is 0 Å². The Balaban J connectivity index is 2.39. The van der Waals surface area contributed by atoms with Crippen molar-refractivity contribution >= 4 is 5.91 Å². The maximum Gasteiger partial charge on any atom is 0.217 e. The molecule has 0 spiro atoms. The summed E-state index contributed by atoms with van der Waals surface area (Å²) in [7, 11) is 0. The van der Waals surface area contributed by atoms with Gasteiger partial charge in [-0.05, 0) is 25.2 Å². The minimum atomic E-state index is -0.349. The Bertz CT molecular complexity index is 170. The number of aliphatic hydroxyl groups is 1. The number of rotatable bonds is 1. The Labute approximate surface area is 73.2 Å². The summed E-state index contributed by atoms with van der Waals surface area (Å²) in [5, 5.41) is 12.3. The van der Waals surface area contributed by atoms with E-state index in [4.69, 9.17) is 0 Å². The van der Waals surface area contributed by atoms with Crippen molar-refractivity contribution in [2.45, 2.75) is 45.3 Å². The van der Waals surface area contributed by atoms with Crippen molar-refractivity contribution in [1.82, 2.24) is 5.32 Å². The van der Waals surface area contributed by atoms with Crippen molar-refractivity contribution in [2.24, 2.45) is 5.92 Å². The average molecular weight is 171 g/mol. The first-order valence-electron chi connectivity index (χ1n) is 4.54. The molecule has 0 heterocycles. The van der Waals surface area contributed by atoms with E-state index in [0.717, 1.165) is 19.3 Å². The number of nitrogens with one attached hydrogen (secondary N) is 1. The average Bonchev–Trinajstić information content (AvgIpc) is 1.94. The van der Waals surface area contributed by atoms with Crippen molar-refractivity contribution in [3.8, 4) is 0 Å². The Morgan fingerprint density at radius 1 is 1.50 bits per heavy atom. The van der Waals surface area contributed by atoms with E-state index >= 15 is 0 Å². The van der Waals surface area contributed by atoms with Crippen LogP contribution in [0.5, 0.6) is 0 Å². The second-order valence-corrected chi connectivity index (χ2v) is 3.79. The SMILES string of the molecule is CC(=O)NC1CCC(C)CC1O. The standard InChI is InChI=1S/C9H17NO2/c1-6-3-4-8(9(12)5-6)10-7(2)11/h6,8-9,12H,3-5H2,1-2H3,(H,10,11). The topological polar surface area (TPSA) is 49.3 Å². The molecule has 1 amide bonds. The van der Waals surface area contributed by atoms with E-state index < -0.39 is 0 Å². The van der Waals surface area contributed by atoms with Gasteiger partial charge in [0.15, 0.2) is 0 Å². The third kappa shape index (κ3) is 2.48. The van der Waals surface area contributed by atoms with E-state index in [-0.39, 0.29) is 18.1 Å². The van der Waals surface area contributed by atoms with Crippen LogP contribution < -0.4 is 5.32 Å². The predicted molar refractivity (Wildman–Crippen MR) is 46.6 cm³/mol. The van der Waals surface area contributed by atoms with Gasteiger partial charge in [-0.25, -0.2) is 0 Å². The van der Waals surface area contributed by atoms with E-state index in [1.54, 1.807) is 0 Å². The molecule has 1 fully saturated rings. The fourth-order valence-corrected chi connectivity index (χ4v) is 1.78. The number of hydrogen-bond donors (Lipinski definition) is 2. The molecule has 0 aliphatic heterocycles. The highest BCUT2D eigenvalue weighted by atomic mass is 16.3. The highest BCUT2D eigenvalue weighted by Gasteiger charge is 2.26. The van der Waals surface area contributed by atoms with Crippen LogP contribution in [0.4, 0.5) is 0 Å². The van der Waals surface area contributed by atoms with Crippen LogP contribution in [0, 0.1) is 5.92 Å². The van der Waals surface area contributed by atoms with Crippen LogP contribution in [-0.4, -0.2) is 23.2 Å². The van der Waals surface area contributed by atoms with E-state index in [2.05, 4.69) is 12.2 Å². The zero-order valence-corrected chi connectivity index (χ0v) is 7.71. The molecule has 0 aromatic rings. The molecule has 1 aliphatic carbocycles. The lowest BCUT2D eigenvalue weighted by Crippen LogP contribution is -2.45. The van der Waals surface area contributed by atoms with Crippen LogP contribution >= 0.6 is 0 Å². The molecule has 3 heteroatoms. The molecule has 12 heavy (non-hydrogen) atoms. The maximum atomic E-state index is 10.7. The Kier molecular flexibility index (Phi) is 3.09. The summed E-state index contributed by atoms with van der Waals surface area (Å²) in [6.45, 7) is 3.62. The fraction of sp³-hybridized carbons (Fsp3) is 0.889. The molecule has 1 saturated carbocycles. The molecule has 3 atom stereocenters. The second kappa shape index (κ2) is 3.90. The smallest absolute Gasteiger partial charge is 0.217 e. The molecule has 0 aromatic carbocycles. The summed E-state index contributed by atoms with van der Waals surface area (Å²) >= 11 is 0. The summed E-state index contributed by atoms with van der Waals surface area (Å²) in [4.78, 5) is 10.7. The minimum absolute atomic E-state index is 0.0151. The molecule has 1 aliphatic rings. The van der Waals surface area contributed by atoms with Crippen molar-refractivity contribution in [2.75, 3.05) is 0 Å². The van der Waals surface area contributed by atoms with Gasteiger partial charge in [0.1, 0.15) is 0 Å². The first kappa shape index (κ1) is 9.52. The number of hydrogen-bond acceptors (Lipinski definition) is 2. The quantitative estimate of drug-likeness (QED) is 0.609. The van der Waals surface area contributed by atoms with Gasteiger partial charge in [0.2, 0.25) is 5.91 Å². The fourth-order valence-electron chi connectivity index (χ4n) is 1.78. The van der Waals surface area contributed by atoms with E-state index in [0.29, 0.717) is 5.92 Å². The summed E-state index contributed by atoms with van der Waals surface area (Å²) in [6, 6.07) is -0.0151. The van der Waals surface area contributed by atoms with Crippen molar-refractivity contribution in [3.63, 3.8) is 0 Å². The molecule has 70 valence electrons. The summed E-state index contributed by atoms with van der Waals surface area (Å²) in [5.41, 5.74) is 0. The van der Waals surface area contributed by atoms with Crippen LogP contribution in [0.3, 0.4) is 0 Å². The summed E-state index contributed by atoms with van der Waals surface area (Å²) < 4.78 is 0. The largest absolute Gasteiger partial charge is 0.391 e. The molecule has 0 saturated heterocycles. The monoisotopic (exact) mass is 171 g/mol. The predicted octanol–water partition coefficient (Wildman–Crippen LogP) is 0.672. The number of carbonyl (C=O) groups is 1. The lowest BCUT2D eigenvalue weighted by molar-refractivity contribution is -0.121. The molecular formula is C9H17NO2. The van der Waals surface area contributed by atoms with Crippen molar-refractivity contribution in [1.29, 1.82) is 0 Å². The first-order valence-corrected chi connectivity index (χ1v) is 4.54. The second-order valence-electron chi connectivity index (χ2n) is 3.79. The van der Waals surface area contributed by atoms with Gasteiger partial charge in [0, 0.05) is 6.92 Å². The van der Waals surface area contributed by atoms with Crippen LogP contribution in [0.15, 0.2) is 0 Å². The Morgan fingerprint density at radius 2 is 2.17 bits per heavy atom. The van der Waals surface area contributed by atoms with Gasteiger partial charge in [-0.3, -0.25) is 4.79 Å². The normalized spacial score (nSPS) is 36.1. The van der Waals surface area contributed by atoms with Gasteiger partial charge in [-0.2, -0.15) is 0 Å². The van der Waals surface area contributed by atoms with Gasteiger partial charge in [0.05, 0.1) is 12.1 Å². The molecule has 0 aromatic heterocycles. The molecule has 2 N–H and O–H groups in total. The molecule has 1 rings (SSSR count). The highest BCUT2D eigenvalue weighted by molar-refractivity contribution is 5.73. The molecular weight excluding hydrogens is 154 g/mol. The van der Waals surface area contributed by atoms with Crippen LogP contribution in [0.1, 0.15) is 33.1 Å². The highest BCUT2D eigenvalue weighted by Crippen LogP contribution is 2.23. The Morgan fingerprint density at radius 3 is 2.67 bits per heavy atom. The minimum Gasteiger partial charge on any atom is -0.391 e.